The third-order valence-corrected chi connectivity index (χ3v) is 5.17. The second-order valence-corrected chi connectivity index (χ2v) is 8.02. The highest BCUT2D eigenvalue weighted by Crippen LogP contribution is 2.28. The van der Waals surface area contributed by atoms with E-state index in [0.717, 1.165) is 16.7 Å². The molecule has 3 aromatic rings. The average Bonchev–Trinajstić information content (AvgIpc) is 2.75. The summed E-state index contributed by atoms with van der Waals surface area (Å²) in [6, 6.07) is 26.4. The van der Waals surface area contributed by atoms with Crippen molar-refractivity contribution in [3.05, 3.63) is 90.0 Å². The molecule has 156 valence electrons. The molecule has 0 amide bonds. The fourth-order valence-electron chi connectivity index (χ4n) is 3.50. The summed E-state index contributed by atoms with van der Waals surface area (Å²) in [6.45, 7) is 8.23. The monoisotopic (exact) mass is 402 g/mol. The van der Waals surface area contributed by atoms with Crippen LogP contribution in [0.5, 0.6) is 5.75 Å². The van der Waals surface area contributed by atoms with E-state index in [4.69, 9.17) is 9.47 Å². The maximum atomic E-state index is 12.9. The van der Waals surface area contributed by atoms with E-state index in [1.807, 2.05) is 61.5 Å². The maximum absolute atomic E-state index is 12.9. The Hall–Kier alpha value is -3.07. The van der Waals surface area contributed by atoms with E-state index >= 15 is 0 Å². The van der Waals surface area contributed by atoms with E-state index in [0.29, 0.717) is 24.7 Å². The Kier molecular flexibility index (Phi) is 6.94. The molecule has 0 aliphatic heterocycles. The number of carbonyl (C=O) groups excluding carboxylic acids is 1. The average molecular weight is 403 g/mol. The molecule has 3 nitrogen and oxygen atoms in total. The highest BCUT2D eigenvalue weighted by Gasteiger charge is 2.37. The molecule has 0 saturated carbocycles. The van der Waals surface area contributed by atoms with E-state index < -0.39 is 5.60 Å². The number of hydrogen-bond acceptors (Lipinski definition) is 3. The lowest BCUT2D eigenvalue weighted by atomic mass is 9.93. The van der Waals surface area contributed by atoms with Crippen LogP contribution in [0.25, 0.3) is 11.1 Å². The van der Waals surface area contributed by atoms with Gasteiger partial charge in [-0.15, -0.1) is 0 Å². The smallest absolute Gasteiger partial charge is 0.350 e. The van der Waals surface area contributed by atoms with Crippen molar-refractivity contribution in [3.63, 3.8) is 0 Å². The maximum Gasteiger partial charge on any atom is 0.350 e. The molecule has 1 atom stereocenters. The number of rotatable bonds is 8. The molecule has 3 heteroatoms. The van der Waals surface area contributed by atoms with Crippen LogP contribution in [0.3, 0.4) is 0 Å². The van der Waals surface area contributed by atoms with Crippen molar-refractivity contribution in [1.82, 2.24) is 0 Å². The molecule has 0 aliphatic rings. The topological polar surface area (TPSA) is 35.5 Å². The molecule has 0 saturated heterocycles. The van der Waals surface area contributed by atoms with Crippen molar-refractivity contribution in [2.75, 3.05) is 6.61 Å². The van der Waals surface area contributed by atoms with Gasteiger partial charge in [0.05, 0.1) is 6.61 Å². The molecule has 0 spiro atoms. The van der Waals surface area contributed by atoms with Gasteiger partial charge in [0.25, 0.3) is 0 Å². The zero-order chi connectivity index (χ0) is 21.6. The SMILES string of the molecule is CCOC(=O)C(C)(Cc1cccc(-c2ccccc2)c1)Oc1ccc(C(C)C)cc1. The molecule has 1 unspecified atom stereocenters. The number of benzene rings is 3. The second-order valence-electron chi connectivity index (χ2n) is 8.02. The Bertz CT molecular complexity index is 961. The minimum Gasteiger partial charge on any atom is -0.476 e. The number of ether oxygens (including phenoxy) is 2. The minimum absolute atomic E-state index is 0.314. The van der Waals surface area contributed by atoms with Crippen molar-refractivity contribution in [1.29, 1.82) is 0 Å². The summed E-state index contributed by atoms with van der Waals surface area (Å²) in [6.07, 6.45) is 0.415. The van der Waals surface area contributed by atoms with Gasteiger partial charge < -0.3 is 9.47 Å². The van der Waals surface area contributed by atoms with Crippen LogP contribution in [0.15, 0.2) is 78.9 Å². The van der Waals surface area contributed by atoms with Crippen molar-refractivity contribution in [2.24, 2.45) is 0 Å². The summed E-state index contributed by atoms with van der Waals surface area (Å²) in [5.41, 5.74) is 3.38. The Morgan fingerprint density at radius 1 is 0.900 bits per heavy atom. The van der Waals surface area contributed by atoms with Gasteiger partial charge in [0.1, 0.15) is 5.75 Å². The predicted molar refractivity (Wildman–Crippen MR) is 122 cm³/mol. The van der Waals surface area contributed by atoms with Gasteiger partial charge in [-0.2, -0.15) is 0 Å². The molecule has 0 radical (unpaired) electrons. The summed E-state index contributed by atoms with van der Waals surface area (Å²) in [4.78, 5) is 12.9. The van der Waals surface area contributed by atoms with Crippen molar-refractivity contribution >= 4 is 5.97 Å². The zero-order valence-corrected chi connectivity index (χ0v) is 18.2. The van der Waals surface area contributed by atoms with Crippen LogP contribution >= 0.6 is 0 Å². The molecule has 30 heavy (non-hydrogen) atoms. The highest BCUT2D eigenvalue weighted by molar-refractivity contribution is 5.80. The van der Waals surface area contributed by atoms with Crippen LogP contribution in [-0.2, 0) is 16.0 Å². The summed E-state index contributed by atoms with van der Waals surface area (Å²) < 4.78 is 11.6. The van der Waals surface area contributed by atoms with Gasteiger partial charge in [0.2, 0.25) is 5.60 Å². The molecule has 0 aromatic heterocycles. The molecule has 0 fully saturated rings. The Morgan fingerprint density at radius 3 is 2.20 bits per heavy atom. The van der Waals surface area contributed by atoms with Crippen LogP contribution in [-0.4, -0.2) is 18.2 Å². The first-order valence-corrected chi connectivity index (χ1v) is 10.5. The van der Waals surface area contributed by atoms with E-state index in [1.54, 1.807) is 6.92 Å². The Balaban J connectivity index is 1.87. The van der Waals surface area contributed by atoms with Crippen LogP contribution < -0.4 is 4.74 Å². The van der Waals surface area contributed by atoms with Crippen LogP contribution in [0.4, 0.5) is 0 Å². The minimum atomic E-state index is -1.12. The zero-order valence-electron chi connectivity index (χ0n) is 18.2. The third-order valence-electron chi connectivity index (χ3n) is 5.17. The van der Waals surface area contributed by atoms with Crippen molar-refractivity contribution in [2.45, 2.75) is 45.6 Å². The van der Waals surface area contributed by atoms with Gasteiger partial charge in [0, 0.05) is 6.42 Å². The molecular weight excluding hydrogens is 372 g/mol. The second kappa shape index (κ2) is 9.62. The van der Waals surface area contributed by atoms with E-state index in [2.05, 4.69) is 38.1 Å². The largest absolute Gasteiger partial charge is 0.476 e. The summed E-state index contributed by atoms with van der Waals surface area (Å²) in [5, 5.41) is 0. The van der Waals surface area contributed by atoms with Gasteiger partial charge >= 0.3 is 5.97 Å². The summed E-state index contributed by atoms with van der Waals surface area (Å²) in [7, 11) is 0. The lowest BCUT2D eigenvalue weighted by Crippen LogP contribution is -2.45. The Morgan fingerprint density at radius 2 is 1.57 bits per heavy atom. The fourth-order valence-corrected chi connectivity index (χ4v) is 3.50. The van der Waals surface area contributed by atoms with Gasteiger partial charge in [0.15, 0.2) is 0 Å². The first kappa shape index (κ1) is 21.6. The van der Waals surface area contributed by atoms with Crippen molar-refractivity contribution in [3.8, 4) is 16.9 Å². The van der Waals surface area contributed by atoms with Crippen LogP contribution in [0.2, 0.25) is 0 Å². The highest BCUT2D eigenvalue weighted by atomic mass is 16.6. The molecular formula is C27H30O3. The first-order chi connectivity index (χ1) is 14.4. The first-order valence-electron chi connectivity index (χ1n) is 10.5. The number of hydrogen-bond donors (Lipinski definition) is 0. The molecule has 0 aliphatic carbocycles. The number of esters is 1. The van der Waals surface area contributed by atoms with E-state index in [9.17, 15) is 4.79 Å². The summed E-state index contributed by atoms with van der Waals surface area (Å²) in [5.74, 6) is 0.744. The Labute approximate surface area is 179 Å². The van der Waals surface area contributed by atoms with E-state index in [-0.39, 0.29) is 5.97 Å². The lowest BCUT2D eigenvalue weighted by Gasteiger charge is -2.29. The fraction of sp³-hybridized carbons (Fsp3) is 0.296. The number of carbonyl (C=O) groups is 1. The van der Waals surface area contributed by atoms with Crippen LogP contribution in [0, 0.1) is 0 Å². The molecule has 0 N–H and O–H groups in total. The molecule has 0 bridgehead atoms. The van der Waals surface area contributed by atoms with Gasteiger partial charge in [-0.1, -0.05) is 80.6 Å². The quantitative estimate of drug-likeness (QED) is 0.408. The lowest BCUT2D eigenvalue weighted by molar-refractivity contribution is -0.160. The van der Waals surface area contributed by atoms with Gasteiger partial charge in [-0.3, -0.25) is 0 Å². The standard InChI is InChI=1S/C27H30O3/c1-5-29-26(28)27(4,30-25-16-14-22(15-17-25)20(2)3)19-21-10-9-13-24(18-21)23-11-7-6-8-12-23/h6-18,20H,5,19H2,1-4H3. The van der Waals surface area contributed by atoms with Gasteiger partial charge in [-0.05, 0) is 54.2 Å². The molecule has 3 rings (SSSR count). The third kappa shape index (κ3) is 5.29. The predicted octanol–water partition coefficient (Wildman–Crippen LogP) is 6.42. The molecule has 0 heterocycles. The molecule has 3 aromatic carbocycles. The van der Waals surface area contributed by atoms with Crippen LogP contribution in [0.1, 0.15) is 44.7 Å². The summed E-state index contributed by atoms with van der Waals surface area (Å²) >= 11 is 0. The van der Waals surface area contributed by atoms with Gasteiger partial charge in [-0.25, -0.2) is 4.79 Å². The van der Waals surface area contributed by atoms with Crippen molar-refractivity contribution < 1.29 is 14.3 Å². The van der Waals surface area contributed by atoms with E-state index in [1.165, 1.54) is 5.56 Å². The normalized spacial score (nSPS) is 13.0.